The first-order valence-corrected chi connectivity index (χ1v) is 8.92. The summed E-state index contributed by atoms with van der Waals surface area (Å²) >= 11 is 0. The number of hydrogen-bond donors (Lipinski definition) is 0. The van der Waals surface area contributed by atoms with E-state index in [0.29, 0.717) is 5.92 Å². The summed E-state index contributed by atoms with van der Waals surface area (Å²) in [6.45, 7) is 2.10. The average Bonchev–Trinajstić information content (AvgIpc) is 2.94. The lowest BCUT2D eigenvalue weighted by atomic mass is 9.85. The van der Waals surface area contributed by atoms with Crippen LogP contribution in [0.1, 0.15) is 60.5 Å². The quantitative estimate of drug-likeness (QED) is 0.629. The van der Waals surface area contributed by atoms with Crippen molar-refractivity contribution in [1.82, 2.24) is 9.38 Å². The fourth-order valence-electron chi connectivity index (χ4n) is 3.94. The minimum Gasteiger partial charge on any atom is -0.303 e. The van der Waals surface area contributed by atoms with Gasteiger partial charge >= 0.3 is 0 Å². The number of rotatable bonds is 3. The van der Waals surface area contributed by atoms with Crippen LogP contribution in [-0.4, -0.2) is 9.38 Å². The summed E-state index contributed by atoms with van der Waals surface area (Å²) in [5, 5.41) is 0. The van der Waals surface area contributed by atoms with Crippen LogP contribution < -0.4 is 0 Å². The fraction of sp³-hybridized carbons (Fsp3) is 0.381. The first-order chi connectivity index (χ1) is 11.7. The molecule has 0 amide bonds. The predicted molar refractivity (Wildman–Crippen MR) is 95.0 cm³/mol. The van der Waals surface area contributed by atoms with E-state index in [2.05, 4.69) is 29.7 Å². The van der Waals surface area contributed by atoms with E-state index >= 15 is 0 Å². The lowest BCUT2D eigenvalue weighted by Gasteiger charge is -2.21. The molecule has 0 N–H and O–H groups in total. The van der Waals surface area contributed by atoms with Crippen molar-refractivity contribution < 1.29 is 4.39 Å². The van der Waals surface area contributed by atoms with E-state index in [-0.39, 0.29) is 5.82 Å². The molecule has 124 valence electrons. The molecule has 1 aliphatic rings. The van der Waals surface area contributed by atoms with Gasteiger partial charge in [0.15, 0.2) is 0 Å². The van der Waals surface area contributed by atoms with E-state index in [4.69, 9.17) is 4.98 Å². The number of pyridine rings is 1. The monoisotopic (exact) mass is 322 g/mol. The van der Waals surface area contributed by atoms with Crippen LogP contribution in [0.5, 0.6) is 0 Å². The van der Waals surface area contributed by atoms with Gasteiger partial charge in [-0.15, -0.1) is 0 Å². The maximum Gasteiger partial charge on any atom is 0.137 e. The van der Waals surface area contributed by atoms with Crippen LogP contribution in [0.4, 0.5) is 4.39 Å². The number of aromatic nitrogens is 2. The second-order valence-electron chi connectivity index (χ2n) is 7.02. The highest BCUT2D eigenvalue weighted by molar-refractivity contribution is 5.46. The van der Waals surface area contributed by atoms with Crippen LogP contribution in [0.3, 0.4) is 0 Å². The number of halogens is 1. The minimum absolute atomic E-state index is 0.170. The van der Waals surface area contributed by atoms with E-state index in [1.54, 1.807) is 12.1 Å². The number of imidazole rings is 1. The molecular weight excluding hydrogens is 299 g/mol. The molecule has 0 saturated heterocycles. The molecule has 2 aromatic heterocycles. The molecule has 1 saturated carbocycles. The van der Waals surface area contributed by atoms with Crippen LogP contribution in [0.25, 0.3) is 5.65 Å². The van der Waals surface area contributed by atoms with Crippen LogP contribution in [-0.2, 0) is 6.42 Å². The molecule has 4 rings (SSSR count). The molecule has 1 fully saturated rings. The van der Waals surface area contributed by atoms with Crippen molar-refractivity contribution in [2.24, 2.45) is 0 Å². The lowest BCUT2D eigenvalue weighted by Crippen LogP contribution is -2.08. The number of benzene rings is 1. The Hall–Kier alpha value is -2.16. The van der Waals surface area contributed by atoms with E-state index in [1.165, 1.54) is 55.1 Å². The average molecular weight is 322 g/mol. The second-order valence-corrected chi connectivity index (χ2v) is 7.02. The Morgan fingerprint density at radius 1 is 1.12 bits per heavy atom. The van der Waals surface area contributed by atoms with Crippen LogP contribution in [0.2, 0.25) is 0 Å². The van der Waals surface area contributed by atoms with Crippen LogP contribution in [0, 0.1) is 12.7 Å². The molecule has 1 aromatic carbocycles. The van der Waals surface area contributed by atoms with Crippen molar-refractivity contribution in [3.63, 3.8) is 0 Å². The number of nitrogens with zero attached hydrogens (tertiary/aromatic N) is 2. The van der Waals surface area contributed by atoms with Gasteiger partial charge in [-0.2, -0.15) is 0 Å². The molecule has 0 bridgehead atoms. The Labute approximate surface area is 142 Å². The maximum atomic E-state index is 13.6. The molecule has 0 atom stereocenters. The number of hydrogen-bond acceptors (Lipinski definition) is 1. The summed E-state index contributed by atoms with van der Waals surface area (Å²) < 4.78 is 15.8. The molecule has 0 unspecified atom stereocenters. The van der Waals surface area contributed by atoms with Gasteiger partial charge in [-0.3, -0.25) is 0 Å². The van der Waals surface area contributed by atoms with Crippen molar-refractivity contribution in [2.75, 3.05) is 0 Å². The van der Waals surface area contributed by atoms with Gasteiger partial charge in [0.25, 0.3) is 0 Å². The zero-order valence-corrected chi connectivity index (χ0v) is 14.1. The lowest BCUT2D eigenvalue weighted by molar-refractivity contribution is 0.436. The third-order valence-corrected chi connectivity index (χ3v) is 5.15. The molecule has 3 heteroatoms. The summed E-state index contributed by atoms with van der Waals surface area (Å²) in [4.78, 5) is 4.97. The predicted octanol–water partition coefficient (Wildman–Crippen LogP) is 5.42. The Kier molecular flexibility index (Phi) is 4.09. The van der Waals surface area contributed by atoms with E-state index < -0.39 is 0 Å². The summed E-state index contributed by atoms with van der Waals surface area (Å²) in [5.41, 5.74) is 5.69. The Morgan fingerprint density at radius 3 is 2.75 bits per heavy atom. The molecule has 2 heterocycles. The van der Waals surface area contributed by atoms with Gasteiger partial charge in [0.2, 0.25) is 0 Å². The molecule has 0 aliphatic heterocycles. The van der Waals surface area contributed by atoms with Gasteiger partial charge in [-0.25, -0.2) is 9.37 Å². The molecule has 0 radical (unpaired) electrons. The smallest absolute Gasteiger partial charge is 0.137 e. The maximum absolute atomic E-state index is 13.6. The van der Waals surface area contributed by atoms with Gasteiger partial charge in [0, 0.05) is 18.5 Å². The van der Waals surface area contributed by atoms with E-state index in [9.17, 15) is 4.39 Å². The second kappa shape index (κ2) is 6.39. The summed E-state index contributed by atoms with van der Waals surface area (Å²) in [7, 11) is 0. The molecule has 2 nitrogen and oxygen atoms in total. The van der Waals surface area contributed by atoms with Crippen molar-refractivity contribution in [2.45, 2.75) is 51.4 Å². The Morgan fingerprint density at radius 2 is 1.96 bits per heavy atom. The summed E-state index contributed by atoms with van der Waals surface area (Å²) in [6.07, 6.45) is 9.24. The first kappa shape index (κ1) is 15.4. The normalized spacial score (nSPS) is 15.9. The van der Waals surface area contributed by atoms with Crippen LogP contribution >= 0.6 is 0 Å². The van der Waals surface area contributed by atoms with Crippen molar-refractivity contribution in [3.05, 3.63) is 70.9 Å². The first-order valence-electron chi connectivity index (χ1n) is 8.92. The Balaban J connectivity index is 1.81. The number of fused-ring (bicyclic) bond motifs is 1. The third kappa shape index (κ3) is 2.95. The highest BCUT2D eigenvalue weighted by Crippen LogP contribution is 2.35. The highest BCUT2D eigenvalue weighted by Gasteiger charge is 2.23. The van der Waals surface area contributed by atoms with Crippen LogP contribution in [0.15, 0.2) is 42.6 Å². The minimum atomic E-state index is -0.170. The van der Waals surface area contributed by atoms with Gasteiger partial charge in [0.1, 0.15) is 11.5 Å². The zero-order chi connectivity index (χ0) is 16.5. The molecule has 1 aliphatic carbocycles. The van der Waals surface area contributed by atoms with Crippen molar-refractivity contribution in [3.8, 4) is 0 Å². The van der Waals surface area contributed by atoms with Crippen molar-refractivity contribution in [1.29, 1.82) is 0 Å². The topological polar surface area (TPSA) is 17.3 Å². The molecule has 24 heavy (non-hydrogen) atoms. The molecule has 3 aromatic rings. The number of aryl methyl sites for hydroxylation is 1. The van der Waals surface area contributed by atoms with E-state index in [0.717, 1.165) is 17.6 Å². The van der Waals surface area contributed by atoms with Gasteiger partial charge in [-0.05, 0) is 49.1 Å². The Bertz CT molecular complexity index is 859. The molecule has 0 spiro atoms. The van der Waals surface area contributed by atoms with E-state index in [1.807, 2.05) is 6.07 Å². The standard InChI is InChI=1S/C21H23FN2/c1-15-10-11-20-23-21(17-7-3-2-4-8-17)19(24(20)14-15)13-16-6-5-9-18(22)12-16/h5-6,9-12,14,17H,2-4,7-8,13H2,1H3. The van der Waals surface area contributed by atoms with Gasteiger partial charge in [-0.1, -0.05) is 37.5 Å². The SMILES string of the molecule is Cc1ccc2nc(C3CCCCC3)c(Cc3cccc(F)c3)n2c1. The summed E-state index contributed by atoms with van der Waals surface area (Å²) in [5.74, 6) is 0.374. The highest BCUT2D eigenvalue weighted by atomic mass is 19.1. The fourth-order valence-corrected chi connectivity index (χ4v) is 3.94. The summed E-state index contributed by atoms with van der Waals surface area (Å²) in [6, 6.07) is 11.1. The third-order valence-electron chi connectivity index (χ3n) is 5.15. The van der Waals surface area contributed by atoms with Crippen molar-refractivity contribution >= 4 is 5.65 Å². The van der Waals surface area contributed by atoms with Gasteiger partial charge in [0.05, 0.1) is 11.4 Å². The van der Waals surface area contributed by atoms with Gasteiger partial charge < -0.3 is 4.40 Å². The molecular formula is C21H23FN2. The zero-order valence-electron chi connectivity index (χ0n) is 14.1. The largest absolute Gasteiger partial charge is 0.303 e.